The average molecular weight is 211 g/mol. The molecule has 0 aromatic carbocycles. The molecule has 0 aliphatic carbocycles. The Hall–Kier alpha value is -1.52. The molecule has 82 valence electrons. The molecule has 3 amide bonds. The average Bonchev–Trinajstić information content (AvgIpc) is 2.45. The third kappa shape index (κ3) is 2.97. The highest BCUT2D eigenvalue weighted by atomic mass is 16.2. The quantitative estimate of drug-likeness (QED) is 0.632. The zero-order valence-corrected chi connectivity index (χ0v) is 8.62. The normalized spacial score (nSPS) is 15.9. The zero-order chi connectivity index (χ0) is 11.4. The number of Topliss-reactive ketones (excluding diaryl/α,β-unsaturated/α-hetero) is 1. The lowest BCUT2D eigenvalue weighted by Gasteiger charge is -2.10. The van der Waals surface area contributed by atoms with Crippen molar-refractivity contribution in [2.45, 2.75) is 39.0 Å². The summed E-state index contributed by atoms with van der Waals surface area (Å²) in [5.74, 6) is -1.33. The molecular weight excluding hydrogens is 198 g/mol. The molecule has 1 aliphatic heterocycles. The van der Waals surface area contributed by atoms with Crippen LogP contribution in [0.4, 0.5) is 0 Å². The van der Waals surface area contributed by atoms with Gasteiger partial charge in [-0.05, 0) is 13.3 Å². The molecule has 0 bridgehead atoms. The van der Waals surface area contributed by atoms with E-state index in [2.05, 4.69) is 0 Å². The van der Waals surface area contributed by atoms with Crippen LogP contribution in [-0.4, -0.2) is 28.4 Å². The third-order valence-corrected chi connectivity index (χ3v) is 2.22. The number of amides is 3. The van der Waals surface area contributed by atoms with Gasteiger partial charge in [0, 0.05) is 25.7 Å². The molecule has 0 saturated carbocycles. The summed E-state index contributed by atoms with van der Waals surface area (Å²) in [7, 11) is 0. The highest BCUT2D eigenvalue weighted by Crippen LogP contribution is 2.14. The van der Waals surface area contributed by atoms with Crippen LogP contribution in [0.1, 0.15) is 39.0 Å². The van der Waals surface area contributed by atoms with Gasteiger partial charge in [-0.25, -0.2) is 4.90 Å². The predicted octanol–water partition coefficient (Wildman–Crippen LogP) is 0.421. The van der Waals surface area contributed by atoms with Gasteiger partial charge in [0.05, 0.1) is 0 Å². The monoisotopic (exact) mass is 211 g/mol. The van der Waals surface area contributed by atoms with E-state index >= 15 is 0 Å². The van der Waals surface area contributed by atoms with E-state index in [0.717, 1.165) is 0 Å². The smallest absolute Gasteiger partial charge is 0.236 e. The van der Waals surface area contributed by atoms with Gasteiger partial charge < -0.3 is 4.79 Å². The number of rotatable bonds is 4. The molecule has 1 rings (SSSR count). The molecule has 0 unspecified atom stereocenters. The largest absolute Gasteiger partial charge is 0.300 e. The first-order valence-corrected chi connectivity index (χ1v) is 4.90. The van der Waals surface area contributed by atoms with Gasteiger partial charge in [-0.2, -0.15) is 0 Å². The maximum Gasteiger partial charge on any atom is 0.236 e. The number of carbonyl (C=O) groups excluding carboxylic acids is 4. The maximum atomic E-state index is 11.4. The fourth-order valence-electron chi connectivity index (χ4n) is 1.46. The predicted molar refractivity (Wildman–Crippen MR) is 50.6 cm³/mol. The molecule has 5 nitrogen and oxygen atoms in total. The molecule has 0 spiro atoms. The number of carbonyl (C=O) groups is 4. The standard InChI is InChI=1S/C10H13NO4/c1-7(12)3-2-4-8(13)11-9(14)5-6-10(11)15/h2-6H2,1H3. The Bertz CT molecular complexity index is 305. The molecule has 15 heavy (non-hydrogen) atoms. The highest BCUT2D eigenvalue weighted by Gasteiger charge is 2.33. The first-order valence-electron chi connectivity index (χ1n) is 4.90. The van der Waals surface area contributed by atoms with Gasteiger partial charge in [0.15, 0.2) is 0 Å². The molecular formula is C10H13NO4. The van der Waals surface area contributed by atoms with Crippen molar-refractivity contribution in [3.63, 3.8) is 0 Å². The van der Waals surface area contributed by atoms with Crippen molar-refractivity contribution in [2.75, 3.05) is 0 Å². The summed E-state index contributed by atoms with van der Waals surface area (Å²) in [5.41, 5.74) is 0. The number of likely N-dealkylation sites (tertiary alicyclic amines) is 1. The van der Waals surface area contributed by atoms with E-state index in [0.29, 0.717) is 17.7 Å². The zero-order valence-electron chi connectivity index (χ0n) is 8.62. The molecule has 0 radical (unpaired) electrons. The van der Waals surface area contributed by atoms with Gasteiger partial charge in [0.1, 0.15) is 5.78 Å². The van der Waals surface area contributed by atoms with Crippen LogP contribution in [0.25, 0.3) is 0 Å². The Labute approximate surface area is 87.4 Å². The molecule has 1 fully saturated rings. The lowest BCUT2D eigenvalue weighted by molar-refractivity contribution is -0.149. The van der Waals surface area contributed by atoms with E-state index in [4.69, 9.17) is 0 Å². The number of nitrogens with zero attached hydrogens (tertiary/aromatic N) is 1. The second-order valence-electron chi connectivity index (χ2n) is 3.57. The molecule has 0 N–H and O–H groups in total. The molecule has 1 saturated heterocycles. The van der Waals surface area contributed by atoms with Gasteiger partial charge in [-0.15, -0.1) is 0 Å². The van der Waals surface area contributed by atoms with E-state index in [1.807, 2.05) is 0 Å². The summed E-state index contributed by atoms with van der Waals surface area (Å²) in [5, 5.41) is 0. The van der Waals surface area contributed by atoms with Crippen molar-refractivity contribution in [1.29, 1.82) is 0 Å². The van der Waals surface area contributed by atoms with Crippen molar-refractivity contribution in [2.24, 2.45) is 0 Å². The van der Waals surface area contributed by atoms with Crippen molar-refractivity contribution < 1.29 is 19.2 Å². The lowest BCUT2D eigenvalue weighted by atomic mass is 10.2. The minimum Gasteiger partial charge on any atom is -0.300 e. The van der Waals surface area contributed by atoms with Crippen LogP contribution in [-0.2, 0) is 19.2 Å². The van der Waals surface area contributed by atoms with E-state index < -0.39 is 17.7 Å². The van der Waals surface area contributed by atoms with Gasteiger partial charge >= 0.3 is 0 Å². The van der Waals surface area contributed by atoms with Crippen LogP contribution in [0, 0.1) is 0 Å². The second-order valence-corrected chi connectivity index (χ2v) is 3.57. The Morgan fingerprint density at radius 3 is 2.13 bits per heavy atom. The number of hydrogen-bond donors (Lipinski definition) is 0. The summed E-state index contributed by atoms with van der Waals surface area (Å²) in [6.07, 6.45) is 1.03. The van der Waals surface area contributed by atoms with Gasteiger partial charge in [-0.3, -0.25) is 14.4 Å². The Kier molecular flexibility index (Phi) is 3.71. The molecule has 1 aliphatic rings. The summed E-state index contributed by atoms with van der Waals surface area (Å²) >= 11 is 0. The van der Waals surface area contributed by atoms with Crippen molar-refractivity contribution >= 4 is 23.5 Å². The van der Waals surface area contributed by atoms with Gasteiger partial charge in [0.25, 0.3) is 0 Å². The SMILES string of the molecule is CC(=O)CCCC(=O)N1C(=O)CCC1=O. The van der Waals surface area contributed by atoms with E-state index in [1.54, 1.807) is 0 Å². The fourth-order valence-corrected chi connectivity index (χ4v) is 1.46. The van der Waals surface area contributed by atoms with Crippen LogP contribution < -0.4 is 0 Å². The summed E-state index contributed by atoms with van der Waals surface area (Å²) in [6, 6.07) is 0. The lowest BCUT2D eigenvalue weighted by Crippen LogP contribution is -2.35. The van der Waals surface area contributed by atoms with Crippen LogP contribution >= 0.6 is 0 Å². The van der Waals surface area contributed by atoms with Crippen LogP contribution in [0.15, 0.2) is 0 Å². The van der Waals surface area contributed by atoms with Gasteiger partial charge in [0.2, 0.25) is 17.7 Å². The van der Waals surface area contributed by atoms with E-state index in [9.17, 15) is 19.2 Å². The third-order valence-electron chi connectivity index (χ3n) is 2.22. The Morgan fingerprint density at radius 2 is 1.67 bits per heavy atom. The summed E-state index contributed by atoms with van der Waals surface area (Å²) in [6.45, 7) is 1.44. The molecule has 5 heteroatoms. The van der Waals surface area contributed by atoms with Crippen LogP contribution in [0.2, 0.25) is 0 Å². The fraction of sp³-hybridized carbons (Fsp3) is 0.600. The van der Waals surface area contributed by atoms with Crippen molar-refractivity contribution in [3.05, 3.63) is 0 Å². The minimum absolute atomic E-state index is 0.00174. The Morgan fingerprint density at radius 1 is 1.13 bits per heavy atom. The first kappa shape index (κ1) is 11.6. The molecule has 0 aromatic heterocycles. The van der Waals surface area contributed by atoms with Crippen LogP contribution in [0.3, 0.4) is 0 Å². The van der Waals surface area contributed by atoms with E-state index in [-0.39, 0.29) is 25.0 Å². The summed E-state index contributed by atoms with van der Waals surface area (Å²) < 4.78 is 0. The number of ketones is 1. The maximum absolute atomic E-state index is 11.4. The van der Waals surface area contributed by atoms with Crippen LogP contribution in [0.5, 0.6) is 0 Å². The summed E-state index contributed by atoms with van der Waals surface area (Å²) in [4.78, 5) is 45.0. The van der Waals surface area contributed by atoms with Crippen molar-refractivity contribution in [3.8, 4) is 0 Å². The number of hydrogen-bond acceptors (Lipinski definition) is 4. The van der Waals surface area contributed by atoms with E-state index in [1.165, 1.54) is 6.92 Å². The molecule has 0 aromatic rings. The number of imide groups is 3. The van der Waals surface area contributed by atoms with Gasteiger partial charge in [-0.1, -0.05) is 0 Å². The second kappa shape index (κ2) is 4.82. The van der Waals surface area contributed by atoms with Crippen molar-refractivity contribution in [1.82, 2.24) is 4.90 Å². The first-order chi connectivity index (χ1) is 7.02. The molecule has 0 atom stereocenters. The minimum atomic E-state index is -0.483. The highest BCUT2D eigenvalue weighted by molar-refractivity contribution is 6.14. The Balaban J connectivity index is 2.43. The molecule has 1 heterocycles. The topological polar surface area (TPSA) is 71.5 Å².